The molecule has 1 saturated heterocycles. The van der Waals surface area contributed by atoms with E-state index in [0.29, 0.717) is 18.1 Å². The standard InChI is InChI=1S/C20H21N3O2/c1-14-21-20(25-22-14)16-9-11-23(12-10-16)19(24)13-17-7-4-6-15-5-2-3-8-18(15)17/h2-8,16H,9-13H2,1H3. The van der Waals surface area contributed by atoms with Crippen molar-refractivity contribution in [2.75, 3.05) is 13.1 Å². The number of likely N-dealkylation sites (tertiary alicyclic amines) is 1. The van der Waals surface area contributed by atoms with Crippen LogP contribution in [0.4, 0.5) is 0 Å². The molecule has 1 aliphatic heterocycles. The number of benzene rings is 2. The molecule has 0 N–H and O–H groups in total. The number of nitrogens with zero attached hydrogens (tertiary/aromatic N) is 3. The highest BCUT2D eigenvalue weighted by atomic mass is 16.5. The van der Waals surface area contributed by atoms with Crippen molar-refractivity contribution in [2.45, 2.75) is 32.1 Å². The van der Waals surface area contributed by atoms with Gasteiger partial charge in [0.05, 0.1) is 6.42 Å². The highest BCUT2D eigenvalue weighted by Crippen LogP contribution is 2.27. The van der Waals surface area contributed by atoms with E-state index < -0.39 is 0 Å². The van der Waals surface area contributed by atoms with Gasteiger partial charge in [0.25, 0.3) is 0 Å². The van der Waals surface area contributed by atoms with E-state index in [1.807, 2.05) is 36.1 Å². The lowest BCUT2D eigenvalue weighted by molar-refractivity contribution is -0.131. The first-order valence-electron chi connectivity index (χ1n) is 8.75. The first-order chi connectivity index (χ1) is 12.2. The average Bonchev–Trinajstić information content (AvgIpc) is 3.08. The van der Waals surface area contributed by atoms with E-state index in [4.69, 9.17) is 4.52 Å². The Labute approximate surface area is 146 Å². The summed E-state index contributed by atoms with van der Waals surface area (Å²) < 4.78 is 5.28. The van der Waals surface area contributed by atoms with E-state index in [1.165, 1.54) is 5.39 Å². The summed E-state index contributed by atoms with van der Waals surface area (Å²) in [4.78, 5) is 19.0. The molecule has 0 spiro atoms. The summed E-state index contributed by atoms with van der Waals surface area (Å²) in [6, 6.07) is 14.4. The number of aryl methyl sites for hydroxylation is 1. The van der Waals surface area contributed by atoms with Gasteiger partial charge in [0.1, 0.15) is 0 Å². The summed E-state index contributed by atoms with van der Waals surface area (Å²) in [5, 5.41) is 6.20. The molecule has 128 valence electrons. The molecule has 4 rings (SSSR count). The van der Waals surface area contributed by atoms with Gasteiger partial charge in [-0.25, -0.2) is 0 Å². The lowest BCUT2D eigenvalue weighted by Gasteiger charge is -2.30. The Kier molecular flexibility index (Phi) is 4.22. The van der Waals surface area contributed by atoms with E-state index >= 15 is 0 Å². The van der Waals surface area contributed by atoms with Crippen LogP contribution < -0.4 is 0 Å². The van der Waals surface area contributed by atoms with Crippen molar-refractivity contribution < 1.29 is 9.32 Å². The third-order valence-corrected chi connectivity index (χ3v) is 4.96. The van der Waals surface area contributed by atoms with E-state index in [2.05, 4.69) is 28.3 Å². The molecular formula is C20H21N3O2. The zero-order chi connectivity index (χ0) is 17.2. The molecule has 0 radical (unpaired) electrons. The predicted molar refractivity (Wildman–Crippen MR) is 95.2 cm³/mol. The molecule has 0 unspecified atom stereocenters. The third kappa shape index (κ3) is 3.27. The lowest BCUT2D eigenvalue weighted by atomic mass is 9.96. The molecule has 0 atom stereocenters. The van der Waals surface area contributed by atoms with Crippen LogP contribution in [0, 0.1) is 6.92 Å². The van der Waals surface area contributed by atoms with Crippen LogP contribution in [0.5, 0.6) is 0 Å². The van der Waals surface area contributed by atoms with Crippen LogP contribution in [0.15, 0.2) is 47.0 Å². The number of hydrogen-bond acceptors (Lipinski definition) is 4. The Hall–Kier alpha value is -2.69. The van der Waals surface area contributed by atoms with Crippen LogP contribution in [0.3, 0.4) is 0 Å². The van der Waals surface area contributed by atoms with Gasteiger partial charge >= 0.3 is 0 Å². The van der Waals surface area contributed by atoms with Crippen LogP contribution in [-0.4, -0.2) is 34.0 Å². The molecule has 3 aromatic rings. The minimum Gasteiger partial charge on any atom is -0.342 e. The van der Waals surface area contributed by atoms with Gasteiger partial charge in [-0.3, -0.25) is 4.79 Å². The number of carbonyl (C=O) groups excluding carboxylic acids is 1. The van der Waals surface area contributed by atoms with Crippen molar-refractivity contribution in [1.29, 1.82) is 0 Å². The predicted octanol–water partition coefficient (Wildman–Crippen LogP) is 3.48. The second-order valence-electron chi connectivity index (χ2n) is 6.65. The van der Waals surface area contributed by atoms with Crippen LogP contribution in [0.1, 0.15) is 36.0 Å². The highest BCUT2D eigenvalue weighted by molar-refractivity contribution is 5.90. The number of rotatable bonds is 3. The number of hydrogen-bond donors (Lipinski definition) is 0. The average molecular weight is 335 g/mol. The van der Waals surface area contributed by atoms with Gasteiger partial charge in [-0.15, -0.1) is 0 Å². The van der Waals surface area contributed by atoms with Gasteiger partial charge in [0.2, 0.25) is 11.8 Å². The molecular weight excluding hydrogens is 314 g/mol. The summed E-state index contributed by atoms with van der Waals surface area (Å²) in [5.41, 5.74) is 1.10. The van der Waals surface area contributed by atoms with Crippen molar-refractivity contribution in [3.63, 3.8) is 0 Å². The SMILES string of the molecule is Cc1noc(C2CCN(C(=O)Cc3cccc4ccccc34)CC2)n1. The fraction of sp³-hybridized carbons (Fsp3) is 0.350. The Morgan fingerprint density at radius 1 is 1.16 bits per heavy atom. The highest BCUT2D eigenvalue weighted by Gasteiger charge is 2.27. The van der Waals surface area contributed by atoms with E-state index in [0.717, 1.165) is 36.9 Å². The second kappa shape index (κ2) is 6.67. The second-order valence-corrected chi connectivity index (χ2v) is 6.65. The fourth-order valence-electron chi connectivity index (χ4n) is 3.58. The molecule has 5 nitrogen and oxygen atoms in total. The number of amides is 1. The Morgan fingerprint density at radius 2 is 1.92 bits per heavy atom. The first kappa shape index (κ1) is 15.8. The topological polar surface area (TPSA) is 59.2 Å². The van der Waals surface area contributed by atoms with Crippen LogP contribution in [0.25, 0.3) is 10.8 Å². The fourth-order valence-corrected chi connectivity index (χ4v) is 3.58. The monoisotopic (exact) mass is 335 g/mol. The lowest BCUT2D eigenvalue weighted by Crippen LogP contribution is -2.38. The number of carbonyl (C=O) groups is 1. The molecule has 2 heterocycles. The summed E-state index contributed by atoms with van der Waals surface area (Å²) in [5.74, 6) is 1.84. The molecule has 1 amide bonds. The Balaban J connectivity index is 1.42. The zero-order valence-corrected chi connectivity index (χ0v) is 14.3. The van der Waals surface area contributed by atoms with Crippen molar-refractivity contribution in [2.24, 2.45) is 0 Å². The van der Waals surface area contributed by atoms with E-state index in [-0.39, 0.29) is 11.8 Å². The van der Waals surface area contributed by atoms with Crippen LogP contribution in [0.2, 0.25) is 0 Å². The minimum absolute atomic E-state index is 0.191. The molecule has 0 bridgehead atoms. The van der Waals surface area contributed by atoms with Gasteiger partial charge in [-0.2, -0.15) is 4.98 Å². The molecule has 5 heteroatoms. The minimum atomic E-state index is 0.191. The maximum absolute atomic E-state index is 12.7. The van der Waals surface area contributed by atoms with Crippen LogP contribution >= 0.6 is 0 Å². The smallest absolute Gasteiger partial charge is 0.229 e. The summed E-state index contributed by atoms with van der Waals surface area (Å²) in [6.07, 6.45) is 2.21. The van der Waals surface area contributed by atoms with Gasteiger partial charge in [0, 0.05) is 19.0 Å². The zero-order valence-electron chi connectivity index (χ0n) is 14.3. The molecule has 1 aromatic heterocycles. The van der Waals surface area contributed by atoms with E-state index in [1.54, 1.807) is 0 Å². The van der Waals surface area contributed by atoms with Gasteiger partial charge in [-0.1, -0.05) is 47.6 Å². The summed E-state index contributed by atoms with van der Waals surface area (Å²) in [6.45, 7) is 3.32. The van der Waals surface area contributed by atoms with Crippen LogP contribution in [-0.2, 0) is 11.2 Å². The van der Waals surface area contributed by atoms with Crippen molar-refractivity contribution >= 4 is 16.7 Å². The molecule has 1 fully saturated rings. The summed E-state index contributed by atoms with van der Waals surface area (Å²) >= 11 is 0. The molecule has 25 heavy (non-hydrogen) atoms. The van der Waals surface area contributed by atoms with Crippen molar-refractivity contribution in [3.8, 4) is 0 Å². The molecule has 0 saturated carbocycles. The Bertz CT molecular complexity index is 889. The van der Waals surface area contributed by atoms with Gasteiger partial charge in [-0.05, 0) is 36.1 Å². The number of aromatic nitrogens is 2. The van der Waals surface area contributed by atoms with Gasteiger partial charge in [0.15, 0.2) is 5.82 Å². The summed E-state index contributed by atoms with van der Waals surface area (Å²) in [7, 11) is 0. The van der Waals surface area contributed by atoms with Crippen molar-refractivity contribution in [3.05, 3.63) is 59.7 Å². The normalized spacial score (nSPS) is 15.6. The molecule has 2 aromatic carbocycles. The number of fused-ring (bicyclic) bond motifs is 1. The Morgan fingerprint density at radius 3 is 2.68 bits per heavy atom. The molecule has 0 aliphatic carbocycles. The third-order valence-electron chi connectivity index (χ3n) is 4.96. The van der Waals surface area contributed by atoms with Crippen molar-refractivity contribution in [1.82, 2.24) is 15.0 Å². The largest absolute Gasteiger partial charge is 0.342 e. The maximum Gasteiger partial charge on any atom is 0.229 e. The maximum atomic E-state index is 12.7. The first-order valence-corrected chi connectivity index (χ1v) is 8.75. The van der Waals surface area contributed by atoms with Gasteiger partial charge < -0.3 is 9.42 Å². The number of piperidine rings is 1. The van der Waals surface area contributed by atoms with E-state index in [9.17, 15) is 4.79 Å². The quantitative estimate of drug-likeness (QED) is 0.735. The molecule has 1 aliphatic rings.